The smallest absolute Gasteiger partial charge is 0.259 e. The molecule has 2 saturated heterocycles. The Balaban J connectivity index is 1.17. The zero-order chi connectivity index (χ0) is 29.8. The van der Waals surface area contributed by atoms with E-state index in [2.05, 4.69) is 53.8 Å². The van der Waals surface area contributed by atoms with Gasteiger partial charge in [0.2, 0.25) is 11.8 Å². The summed E-state index contributed by atoms with van der Waals surface area (Å²) in [5.74, 6) is -0.988. The molecule has 1 aromatic heterocycles. The molecule has 4 aliphatic rings. The molecule has 3 amide bonds. The average Bonchev–Trinajstić information content (AvgIpc) is 3.51. The molecule has 1 aromatic carbocycles. The number of allylic oxidation sites excluding steroid dienone is 1. The first-order chi connectivity index (χ1) is 20.0. The molecule has 0 radical (unpaired) electrons. The molecule has 222 valence electrons. The van der Waals surface area contributed by atoms with Gasteiger partial charge in [-0.15, -0.1) is 0 Å². The summed E-state index contributed by atoms with van der Waals surface area (Å²) in [6.45, 7) is 15.6. The van der Waals surface area contributed by atoms with Crippen LogP contribution < -0.4 is 10.6 Å². The van der Waals surface area contributed by atoms with Crippen molar-refractivity contribution in [1.29, 1.82) is 0 Å². The third kappa shape index (κ3) is 4.97. The number of nitrogens with one attached hydrogen (secondary N) is 2. The number of imide groups is 1. The number of carbonyl (C=O) groups is 3. The number of rotatable bonds is 7. The molecule has 2 N–H and O–H groups in total. The lowest BCUT2D eigenvalue weighted by atomic mass is 9.69. The summed E-state index contributed by atoms with van der Waals surface area (Å²) in [4.78, 5) is 42.2. The van der Waals surface area contributed by atoms with E-state index in [1.165, 1.54) is 30.7 Å². The van der Waals surface area contributed by atoms with E-state index in [1.807, 2.05) is 31.3 Å². The molecule has 0 bridgehead atoms. The molecule has 3 fully saturated rings. The molecule has 9 heteroatoms. The minimum Gasteiger partial charge on any atom is -0.353 e. The fourth-order valence-electron chi connectivity index (χ4n) is 7.32. The minimum atomic E-state index is -0.728. The van der Waals surface area contributed by atoms with Crippen LogP contribution in [0.3, 0.4) is 0 Å². The van der Waals surface area contributed by atoms with Crippen LogP contribution in [0.1, 0.15) is 100 Å². The number of nitrogens with zero attached hydrogens (tertiary/aromatic N) is 4. The third-order valence-electron chi connectivity index (χ3n) is 9.88. The average molecular weight is 571 g/mol. The second kappa shape index (κ2) is 10.5. The van der Waals surface area contributed by atoms with Crippen LogP contribution in [-0.2, 0) is 9.59 Å². The van der Waals surface area contributed by atoms with Gasteiger partial charge in [0, 0.05) is 59.3 Å². The van der Waals surface area contributed by atoms with Crippen molar-refractivity contribution in [3.05, 3.63) is 59.9 Å². The first-order valence-corrected chi connectivity index (χ1v) is 15.2. The highest BCUT2D eigenvalue weighted by molar-refractivity contribution is 6.14. The molecule has 2 atom stereocenters. The van der Waals surface area contributed by atoms with E-state index in [4.69, 9.17) is 5.10 Å². The minimum absolute atomic E-state index is 0.110. The molecule has 9 nitrogen and oxygen atoms in total. The summed E-state index contributed by atoms with van der Waals surface area (Å²) in [6, 6.07) is 5.15. The molecule has 0 spiro atoms. The number of carbonyl (C=O) groups excluding carboxylic acids is 3. The van der Waals surface area contributed by atoms with Crippen LogP contribution in [0.25, 0.3) is 11.4 Å². The molecule has 2 aromatic rings. The maximum atomic E-state index is 13.5. The zero-order valence-electron chi connectivity index (χ0n) is 25.2. The number of hydrogen-bond donors (Lipinski definition) is 2. The van der Waals surface area contributed by atoms with Crippen LogP contribution in [0.5, 0.6) is 0 Å². The van der Waals surface area contributed by atoms with Crippen molar-refractivity contribution in [3.63, 3.8) is 0 Å². The van der Waals surface area contributed by atoms with Gasteiger partial charge in [0.25, 0.3) is 5.91 Å². The number of fused-ring (bicyclic) bond motifs is 1. The predicted molar refractivity (Wildman–Crippen MR) is 163 cm³/mol. The summed E-state index contributed by atoms with van der Waals surface area (Å²) >= 11 is 0. The number of amides is 3. The molecule has 1 saturated carbocycles. The number of aromatic nitrogens is 2. The normalized spacial score (nSPS) is 26.1. The van der Waals surface area contributed by atoms with Gasteiger partial charge in [-0.1, -0.05) is 38.1 Å². The topological polar surface area (TPSA) is 99.6 Å². The Kier molecular flexibility index (Phi) is 7.12. The summed E-state index contributed by atoms with van der Waals surface area (Å²) in [6.07, 6.45) is 12.4. The maximum absolute atomic E-state index is 13.5. The second-order valence-corrected chi connectivity index (χ2v) is 13.4. The van der Waals surface area contributed by atoms with Crippen molar-refractivity contribution in [1.82, 2.24) is 24.9 Å². The highest BCUT2D eigenvalue weighted by atomic mass is 16.2. The highest BCUT2D eigenvalue weighted by Gasteiger charge is 2.44. The molecular weight excluding hydrogens is 528 g/mol. The summed E-state index contributed by atoms with van der Waals surface area (Å²) in [5, 5.41) is 10.5. The Labute approximate surface area is 248 Å². The Bertz CT molecular complexity index is 1480. The van der Waals surface area contributed by atoms with Gasteiger partial charge in [-0.25, -0.2) is 0 Å². The SMILES string of the molecule is C=C(Nc1cnn(C2CCN(CC3(C)CCC3)C(C)(C)C2)c1)c1cccc2c1/C(=C\C)N(C1CCC(=O)NC1=O)C2=O. The Hall–Kier alpha value is -3.72. The van der Waals surface area contributed by atoms with Crippen molar-refractivity contribution >= 4 is 34.8 Å². The summed E-state index contributed by atoms with van der Waals surface area (Å²) in [7, 11) is 0. The molecule has 4 heterocycles. The summed E-state index contributed by atoms with van der Waals surface area (Å²) < 4.78 is 2.08. The van der Waals surface area contributed by atoms with Crippen molar-refractivity contribution in [2.24, 2.45) is 5.41 Å². The van der Waals surface area contributed by atoms with Crippen LogP contribution in [0.4, 0.5) is 5.69 Å². The van der Waals surface area contributed by atoms with Gasteiger partial charge in [0.05, 0.1) is 17.9 Å². The van der Waals surface area contributed by atoms with Crippen molar-refractivity contribution in [2.75, 3.05) is 18.4 Å². The monoisotopic (exact) mass is 570 g/mol. The van der Waals surface area contributed by atoms with Crippen LogP contribution >= 0.6 is 0 Å². The first kappa shape index (κ1) is 28.4. The highest BCUT2D eigenvalue weighted by Crippen LogP contribution is 2.45. The van der Waals surface area contributed by atoms with E-state index in [-0.39, 0.29) is 23.8 Å². The number of hydrogen-bond acceptors (Lipinski definition) is 6. The quantitative estimate of drug-likeness (QED) is 0.445. The molecule has 42 heavy (non-hydrogen) atoms. The largest absolute Gasteiger partial charge is 0.353 e. The van der Waals surface area contributed by atoms with Crippen molar-refractivity contribution in [3.8, 4) is 0 Å². The Morgan fingerprint density at radius 1 is 1.19 bits per heavy atom. The molecule has 6 rings (SSSR count). The third-order valence-corrected chi connectivity index (χ3v) is 9.88. The van der Waals surface area contributed by atoms with Gasteiger partial charge >= 0.3 is 0 Å². The van der Waals surface area contributed by atoms with Crippen LogP contribution in [0.2, 0.25) is 0 Å². The maximum Gasteiger partial charge on any atom is 0.259 e. The van der Waals surface area contributed by atoms with Gasteiger partial charge in [0.1, 0.15) is 6.04 Å². The molecule has 1 aliphatic carbocycles. The number of likely N-dealkylation sites (tertiary alicyclic amines) is 1. The van der Waals surface area contributed by atoms with E-state index < -0.39 is 11.9 Å². The lowest BCUT2D eigenvalue weighted by Crippen LogP contribution is -2.54. The van der Waals surface area contributed by atoms with Gasteiger partial charge in [-0.2, -0.15) is 5.10 Å². The molecule has 2 unspecified atom stereocenters. The number of anilines is 1. The number of benzene rings is 1. The zero-order valence-corrected chi connectivity index (χ0v) is 25.2. The van der Waals surface area contributed by atoms with Crippen molar-refractivity contribution in [2.45, 2.75) is 90.3 Å². The van der Waals surface area contributed by atoms with E-state index in [0.29, 0.717) is 34.8 Å². The lowest BCUT2D eigenvalue weighted by molar-refractivity contribution is -0.136. The van der Waals surface area contributed by atoms with Gasteiger partial charge in [-0.3, -0.25) is 34.2 Å². The van der Waals surface area contributed by atoms with E-state index >= 15 is 0 Å². The fraction of sp³-hybridized carbons (Fsp3) is 0.515. The Morgan fingerprint density at radius 2 is 1.98 bits per heavy atom. The molecular formula is C33H42N6O3. The lowest BCUT2D eigenvalue weighted by Gasteiger charge is -2.51. The van der Waals surface area contributed by atoms with E-state index in [9.17, 15) is 14.4 Å². The van der Waals surface area contributed by atoms with E-state index in [1.54, 1.807) is 6.07 Å². The van der Waals surface area contributed by atoms with Crippen LogP contribution in [0, 0.1) is 5.41 Å². The fourth-order valence-corrected chi connectivity index (χ4v) is 7.32. The van der Waals surface area contributed by atoms with Gasteiger partial charge in [-0.05, 0) is 64.4 Å². The first-order valence-electron chi connectivity index (χ1n) is 15.2. The standard InChI is InChI=1S/C33H42N6O3/c1-6-26-29-24(9-7-10-25(29)31(42)39(26)27-11-12-28(40)36-30(27)41)21(2)35-22-18-34-38(19-22)23-13-16-37(32(3,4)17-23)20-33(5)14-8-15-33/h6-7,9-10,18-19,23,27,35H,2,8,11-17,20H2,1,3-5H3,(H,36,40,41)/b26-6+. The summed E-state index contributed by atoms with van der Waals surface area (Å²) in [5.41, 5.74) is 4.78. The van der Waals surface area contributed by atoms with E-state index in [0.717, 1.165) is 36.2 Å². The van der Waals surface area contributed by atoms with Crippen LogP contribution in [0.15, 0.2) is 43.2 Å². The van der Waals surface area contributed by atoms with Gasteiger partial charge in [0.15, 0.2) is 0 Å². The second-order valence-electron chi connectivity index (χ2n) is 13.4. The van der Waals surface area contributed by atoms with Gasteiger partial charge < -0.3 is 5.32 Å². The molecule has 3 aliphatic heterocycles. The van der Waals surface area contributed by atoms with Crippen LogP contribution in [-0.4, -0.2) is 62.0 Å². The predicted octanol–water partition coefficient (Wildman–Crippen LogP) is 5.19. The van der Waals surface area contributed by atoms with Crippen molar-refractivity contribution < 1.29 is 14.4 Å². The number of piperidine rings is 2. The Morgan fingerprint density at radius 3 is 2.64 bits per heavy atom.